The molecule has 2 aromatic rings. The van der Waals surface area contributed by atoms with Gasteiger partial charge in [0.15, 0.2) is 5.82 Å². The molecule has 1 saturated carbocycles. The highest BCUT2D eigenvalue weighted by Gasteiger charge is 2.32. The van der Waals surface area contributed by atoms with Gasteiger partial charge in [-0.05, 0) is 72.9 Å². The fraction of sp³-hybridized carbons (Fsp3) is 0.333. The van der Waals surface area contributed by atoms with Crippen molar-refractivity contribution in [1.82, 2.24) is 15.6 Å². The molecule has 7 nitrogen and oxygen atoms in total. The van der Waals surface area contributed by atoms with E-state index in [9.17, 15) is 23.2 Å². The van der Waals surface area contributed by atoms with Gasteiger partial charge < -0.3 is 10.4 Å². The Morgan fingerprint density at radius 2 is 1.79 bits per heavy atom. The van der Waals surface area contributed by atoms with E-state index in [4.69, 9.17) is 5.11 Å². The van der Waals surface area contributed by atoms with Crippen LogP contribution in [0.2, 0.25) is 0 Å². The number of aromatic nitrogens is 1. The second-order valence-electron chi connectivity index (χ2n) is 8.55. The van der Waals surface area contributed by atoms with E-state index in [1.807, 2.05) is 24.3 Å². The zero-order valence-corrected chi connectivity index (χ0v) is 18.2. The van der Waals surface area contributed by atoms with E-state index in [1.165, 1.54) is 11.6 Å². The van der Waals surface area contributed by atoms with Crippen molar-refractivity contribution in [2.24, 2.45) is 5.92 Å². The summed E-state index contributed by atoms with van der Waals surface area (Å²) in [6.07, 6.45) is 3.89. The summed E-state index contributed by atoms with van der Waals surface area (Å²) >= 11 is 0. The zero-order valence-electron chi connectivity index (χ0n) is 18.2. The van der Waals surface area contributed by atoms with Gasteiger partial charge in [-0.25, -0.2) is 4.98 Å². The van der Waals surface area contributed by atoms with Crippen LogP contribution in [0, 0.1) is 5.92 Å². The van der Waals surface area contributed by atoms with Crippen LogP contribution in [-0.2, 0) is 11.0 Å². The molecule has 34 heavy (non-hydrogen) atoms. The van der Waals surface area contributed by atoms with Crippen molar-refractivity contribution in [3.8, 4) is 0 Å². The lowest BCUT2D eigenvalue weighted by atomic mass is 9.77. The molecule has 0 spiro atoms. The van der Waals surface area contributed by atoms with Gasteiger partial charge in [0.05, 0.1) is 17.6 Å². The summed E-state index contributed by atoms with van der Waals surface area (Å²) in [6, 6.07) is 10.1. The van der Waals surface area contributed by atoms with Gasteiger partial charge in [0, 0.05) is 6.42 Å². The second kappa shape index (κ2) is 9.76. The number of carboxylic acid groups (broad SMARTS) is 1. The lowest BCUT2D eigenvalue weighted by molar-refractivity contribution is -0.141. The third-order valence-electron chi connectivity index (χ3n) is 6.19. The highest BCUT2D eigenvalue weighted by atomic mass is 19.4. The Morgan fingerprint density at radius 1 is 1.09 bits per heavy atom. The number of rotatable bonds is 6. The summed E-state index contributed by atoms with van der Waals surface area (Å²) < 4.78 is 38.0. The number of carbonyl (C=O) groups is 1. The molecule has 1 fully saturated rings. The molecule has 0 saturated heterocycles. The molecule has 4 rings (SSSR count). The van der Waals surface area contributed by atoms with Gasteiger partial charge in [-0.3, -0.25) is 15.4 Å². The van der Waals surface area contributed by atoms with Crippen LogP contribution in [0.25, 0.3) is 5.70 Å². The van der Waals surface area contributed by atoms with Gasteiger partial charge in [-0.2, -0.15) is 13.2 Å². The van der Waals surface area contributed by atoms with E-state index < -0.39 is 17.8 Å². The summed E-state index contributed by atoms with van der Waals surface area (Å²) in [6.45, 7) is 0. The number of nitrogens with zero attached hydrogens (tertiary/aromatic N) is 2. The average Bonchev–Trinajstić information content (AvgIpc) is 2.80. The average molecular weight is 474 g/mol. The van der Waals surface area contributed by atoms with Crippen molar-refractivity contribution in [1.29, 1.82) is 0 Å². The molecule has 0 unspecified atom stereocenters. The number of pyridine rings is 1. The molecule has 2 heterocycles. The number of hydrogen-bond acceptors (Lipinski definition) is 6. The Hall–Kier alpha value is -3.53. The van der Waals surface area contributed by atoms with Crippen molar-refractivity contribution >= 4 is 17.4 Å². The van der Waals surface area contributed by atoms with Crippen molar-refractivity contribution in [2.75, 3.05) is 5.32 Å². The monoisotopic (exact) mass is 474 g/mol. The van der Waals surface area contributed by atoms with Gasteiger partial charge in [-0.15, -0.1) is 5.17 Å². The molecule has 0 bridgehead atoms. The van der Waals surface area contributed by atoms with E-state index in [2.05, 4.69) is 15.7 Å². The summed E-state index contributed by atoms with van der Waals surface area (Å²) in [5.74, 6) is 0.158. The molecule has 0 amide bonds. The zero-order chi connectivity index (χ0) is 24.3. The van der Waals surface area contributed by atoms with Crippen molar-refractivity contribution in [3.63, 3.8) is 0 Å². The highest BCUT2D eigenvalue weighted by molar-refractivity contribution is 5.68. The van der Waals surface area contributed by atoms with E-state index >= 15 is 0 Å². The molecular weight excluding hydrogens is 449 g/mol. The van der Waals surface area contributed by atoms with Crippen molar-refractivity contribution < 1.29 is 28.3 Å². The highest BCUT2D eigenvalue weighted by Crippen LogP contribution is 2.37. The Balaban J connectivity index is 1.38. The molecule has 4 N–H and O–H groups in total. The van der Waals surface area contributed by atoms with E-state index in [0.29, 0.717) is 17.3 Å². The van der Waals surface area contributed by atoms with E-state index in [0.717, 1.165) is 48.7 Å². The van der Waals surface area contributed by atoms with Crippen LogP contribution < -0.4 is 10.7 Å². The maximum atomic E-state index is 12.7. The Bertz CT molecular complexity index is 1070. The lowest BCUT2D eigenvalue weighted by Gasteiger charge is -2.29. The number of aliphatic carboxylic acids is 1. The standard InChI is InChI=1S/C24H25F3N4O3/c25-24(26,27)21-11-9-19(14-28-21)29-22-12-10-20(30-31(22)34)18-7-5-17(6-8-18)16-3-1-15(2-4-16)13-23(32)33/h5-12,14-16,29-30,34H,1-4,13H2,(H,32,33). The summed E-state index contributed by atoms with van der Waals surface area (Å²) in [4.78, 5) is 14.3. The number of nitrogens with one attached hydrogen (secondary N) is 2. The maximum Gasteiger partial charge on any atom is 0.433 e. The number of hydroxylamine groups is 1. The fourth-order valence-electron chi connectivity index (χ4n) is 4.36. The number of hydrazine groups is 1. The van der Waals surface area contributed by atoms with Crippen LogP contribution in [-0.4, -0.2) is 26.4 Å². The van der Waals surface area contributed by atoms with Gasteiger partial charge in [0.2, 0.25) is 0 Å². The summed E-state index contributed by atoms with van der Waals surface area (Å²) in [7, 11) is 0. The third-order valence-corrected chi connectivity index (χ3v) is 6.19. The van der Waals surface area contributed by atoms with Gasteiger partial charge in [0.1, 0.15) is 5.69 Å². The Morgan fingerprint density at radius 3 is 2.35 bits per heavy atom. The molecule has 1 aliphatic carbocycles. The van der Waals surface area contributed by atoms with E-state index in [1.54, 1.807) is 12.2 Å². The van der Waals surface area contributed by atoms with Gasteiger partial charge in [0.25, 0.3) is 0 Å². The van der Waals surface area contributed by atoms with Crippen LogP contribution in [0.1, 0.15) is 54.8 Å². The quantitative estimate of drug-likeness (QED) is 0.448. The number of carboxylic acids is 1. The van der Waals surface area contributed by atoms with Gasteiger partial charge >= 0.3 is 12.1 Å². The topological polar surface area (TPSA) is 97.7 Å². The normalized spacial score (nSPS) is 20.8. The van der Waals surface area contributed by atoms with Crippen LogP contribution in [0.5, 0.6) is 0 Å². The molecule has 180 valence electrons. The smallest absolute Gasteiger partial charge is 0.433 e. The van der Waals surface area contributed by atoms with Gasteiger partial charge in [-0.1, -0.05) is 24.3 Å². The third kappa shape index (κ3) is 5.69. The van der Waals surface area contributed by atoms with E-state index in [-0.39, 0.29) is 18.2 Å². The Labute approximate surface area is 194 Å². The van der Waals surface area contributed by atoms with Crippen LogP contribution >= 0.6 is 0 Å². The number of hydrogen-bond donors (Lipinski definition) is 4. The largest absolute Gasteiger partial charge is 0.481 e. The molecule has 0 atom stereocenters. The van der Waals surface area contributed by atoms with Crippen molar-refractivity contribution in [2.45, 2.75) is 44.2 Å². The van der Waals surface area contributed by atoms with Crippen molar-refractivity contribution in [3.05, 3.63) is 77.4 Å². The number of allylic oxidation sites excluding steroid dienone is 2. The number of benzene rings is 1. The maximum absolute atomic E-state index is 12.7. The minimum atomic E-state index is -4.51. The number of alkyl halides is 3. The molecule has 1 aromatic carbocycles. The van der Waals surface area contributed by atoms with Crippen LogP contribution in [0.4, 0.5) is 18.9 Å². The predicted molar refractivity (Wildman–Crippen MR) is 119 cm³/mol. The first-order chi connectivity index (χ1) is 16.2. The first-order valence-corrected chi connectivity index (χ1v) is 11.0. The molecule has 1 aromatic heterocycles. The fourth-order valence-corrected chi connectivity index (χ4v) is 4.36. The summed E-state index contributed by atoms with van der Waals surface area (Å²) in [5, 5.41) is 22.8. The van der Waals surface area contributed by atoms with Crippen LogP contribution in [0.3, 0.4) is 0 Å². The Kier molecular flexibility index (Phi) is 6.78. The first-order valence-electron chi connectivity index (χ1n) is 11.0. The SMILES string of the molecule is O=C(O)CC1CCC(c2ccc(C3=CC=C(Nc4ccc(C(F)(F)F)nc4)N(O)N3)cc2)CC1. The minimum Gasteiger partial charge on any atom is -0.481 e. The summed E-state index contributed by atoms with van der Waals surface area (Å²) in [5.41, 5.74) is 4.84. The lowest BCUT2D eigenvalue weighted by Crippen LogP contribution is -2.37. The number of halogens is 3. The van der Waals surface area contributed by atoms with Crippen LogP contribution in [0.15, 0.2) is 60.6 Å². The number of anilines is 1. The first kappa shape index (κ1) is 23.6. The second-order valence-corrected chi connectivity index (χ2v) is 8.55. The predicted octanol–water partition coefficient (Wildman–Crippen LogP) is 5.35. The molecule has 0 radical (unpaired) electrons. The molecule has 1 aliphatic heterocycles. The molecular formula is C24H25F3N4O3. The minimum absolute atomic E-state index is 0.222. The molecule has 10 heteroatoms. The molecule has 2 aliphatic rings.